The Bertz CT molecular complexity index is 1150. The molecule has 34 heavy (non-hydrogen) atoms. The van der Waals surface area contributed by atoms with Crippen molar-refractivity contribution in [1.29, 1.82) is 0 Å². The first kappa shape index (κ1) is 26.0. The summed E-state index contributed by atoms with van der Waals surface area (Å²) in [5.41, 5.74) is 4.08. The number of carbonyl (C=O) groups is 1. The van der Waals surface area contributed by atoms with Gasteiger partial charge in [0.2, 0.25) is 0 Å². The van der Waals surface area contributed by atoms with Gasteiger partial charge in [-0.25, -0.2) is 0 Å². The van der Waals surface area contributed by atoms with Crippen LogP contribution in [0.4, 0.5) is 0 Å². The van der Waals surface area contributed by atoms with Crippen LogP contribution >= 0.6 is 23.2 Å². The lowest BCUT2D eigenvalue weighted by Crippen LogP contribution is -2.20. The molecule has 0 fully saturated rings. The molecule has 0 atom stereocenters. The summed E-state index contributed by atoms with van der Waals surface area (Å²) in [5, 5.41) is 1.06. The van der Waals surface area contributed by atoms with E-state index < -0.39 is 0 Å². The molecule has 0 bridgehead atoms. The van der Waals surface area contributed by atoms with Gasteiger partial charge in [-0.2, -0.15) is 0 Å². The molecule has 4 nitrogen and oxygen atoms in total. The molecule has 0 aliphatic heterocycles. The van der Waals surface area contributed by atoms with Crippen LogP contribution in [0.3, 0.4) is 0 Å². The van der Waals surface area contributed by atoms with E-state index in [9.17, 15) is 4.79 Å². The van der Waals surface area contributed by atoms with E-state index in [0.29, 0.717) is 33.5 Å². The van der Waals surface area contributed by atoms with Crippen LogP contribution in [-0.4, -0.2) is 56.9 Å². The first-order valence-electron chi connectivity index (χ1n) is 11.1. The van der Waals surface area contributed by atoms with Crippen LogP contribution in [0.1, 0.15) is 21.5 Å². The Labute approximate surface area is 212 Å². The van der Waals surface area contributed by atoms with E-state index in [1.165, 1.54) is 0 Å². The Kier molecular flexibility index (Phi) is 9.31. The minimum Gasteiger partial charge on any atom is -0.491 e. The smallest absolute Gasteiger partial charge is 0.189 e. The molecule has 178 valence electrons. The minimum absolute atomic E-state index is 0.149. The number of likely N-dealkylation sites (N-methyl/N-ethyl adjacent to an activating group) is 1. The molecule has 0 aliphatic carbocycles. The van der Waals surface area contributed by atoms with Crippen molar-refractivity contribution in [3.05, 3.63) is 93.5 Å². The molecule has 0 saturated carbocycles. The fourth-order valence-corrected chi connectivity index (χ4v) is 4.17. The molecule has 0 N–H and O–H groups in total. The minimum atomic E-state index is -0.149. The van der Waals surface area contributed by atoms with E-state index in [0.717, 1.165) is 29.8 Å². The molecule has 3 rings (SSSR count). The van der Waals surface area contributed by atoms with Crippen molar-refractivity contribution in [2.75, 3.05) is 41.3 Å². The first-order valence-corrected chi connectivity index (χ1v) is 11.8. The van der Waals surface area contributed by atoms with Crippen LogP contribution in [-0.2, 0) is 6.54 Å². The molecule has 0 aromatic heterocycles. The zero-order chi connectivity index (χ0) is 24.7. The van der Waals surface area contributed by atoms with E-state index in [2.05, 4.69) is 11.0 Å². The molecule has 3 aromatic rings. The Morgan fingerprint density at radius 2 is 1.62 bits per heavy atom. The van der Waals surface area contributed by atoms with Gasteiger partial charge in [-0.3, -0.25) is 4.79 Å². The van der Waals surface area contributed by atoms with Gasteiger partial charge in [0.05, 0.1) is 5.56 Å². The Hall–Kier alpha value is -2.63. The van der Waals surface area contributed by atoms with Crippen LogP contribution < -0.4 is 4.74 Å². The Morgan fingerprint density at radius 3 is 2.29 bits per heavy atom. The summed E-state index contributed by atoms with van der Waals surface area (Å²) < 4.78 is 5.98. The number of halogens is 2. The predicted molar refractivity (Wildman–Crippen MR) is 143 cm³/mol. The van der Waals surface area contributed by atoms with Gasteiger partial charge in [0.1, 0.15) is 12.4 Å². The zero-order valence-electron chi connectivity index (χ0n) is 20.0. The molecule has 0 saturated heterocycles. The van der Waals surface area contributed by atoms with Crippen molar-refractivity contribution in [3.8, 4) is 16.9 Å². The van der Waals surface area contributed by atoms with Gasteiger partial charge in [-0.15, -0.1) is 0 Å². The van der Waals surface area contributed by atoms with Gasteiger partial charge < -0.3 is 14.5 Å². The second kappa shape index (κ2) is 12.2. The van der Waals surface area contributed by atoms with Crippen LogP contribution in [0.2, 0.25) is 10.0 Å². The third-order valence-electron chi connectivity index (χ3n) is 5.25. The number of ketones is 1. The third kappa shape index (κ3) is 6.94. The number of hydrogen-bond acceptors (Lipinski definition) is 4. The molecule has 0 spiro atoms. The highest BCUT2D eigenvalue weighted by atomic mass is 35.5. The summed E-state index contributed by atoms with van der Waals surface area (Å²) in [4.78, 5) is 17.5. The predicted octanol–water partition coefficient (Wildman–Crippen LogP) is 6.56. The van der Waals surface area contributed by atoms with Crippen molar-refractivity contribution >= 4 is 35.1 Å². The summed E-state index contributed by atoms with van der Waals surface area (Å²) in [6, 6.07) is 18.9. The SMILES string of the molecule is CN(C)CCOc1ccc(-c2c(Cl)cccc2Cl)cc1C(=O)/C=C/c1ccccc1CN(C)C. The maximum Gasteiger partial charge on any atom is 0.189 e. The molecule has 0 heterocycles. The average Bonchev–Trinajstić information content (AvgIpc) is 2.78. The highest BCUT2D eigenvalue weighted by Gasteiger charge is 2.16. The highest BCUT2D eigenvalue weighted by Crippen LogP contribution is 2.37. The molecule has 0 unspecified atom stereocenters. The van der Waals surface area contributed by atoms with Crippen molar-refractivity contribution < 1.29 is 9.53 Å². The molecule has 0 amide bonds. The second-order valence-electron chi connectivity index (χ2n) is 8.59. The maximum atomic E-state index is 13.4. The quantitative estimate of drug-likeness (QED) is 0.235. The standard InChI is InChI=1S/C28H30Cl2N2O2/c1-31(2)16-17-34-27-15-13-21(28-24(29)10-7-11-25(28)30)18-23(27)26(33)14-12-20-8-5-6-9-22(20)19-32(3)4/h5-15,18H,16-17,19H2,1-4H3/b14-12+. The number of nitrogens with zero attached hydrogens (tertiary/aromatic N) is 2. The second-order valence-corrected chi connectivity index (χ2v) is 9.41. The maximum absolute atomic E-state index is 13.4. The fourth-order valence-electron chi connectivity index (χ4n) is 3.55. The number of carbonyl (C=O) groups excluding carboxylic acids is 1. The summed E-state index contributed by atoms with van der Waals surface area (Å²) >= 11 is 12.9. The number of benzene rings is 3. The van der Waals surface area contributed by atoms with E-state index in [1.807, 2.05) is 69.5 Å². The van der Waals surface area contributed by atoms with Gasteiger partial charge in [0.15, 0.2) is 5.78 Å². The van der Waals surface area contributed by atoms with Crippen molar-refractivity contribution in [2.24, 2.45) is 0 Å². The third-order valence-corrected chi connectivity index (χ3v) is 5.88. The lowest BCUT2D eigenvalue weighted by atomic mass is 9.99. The number of rotatable bonds is 10. The topological polar surface area (TPSA) is 32.8 Å². The summed E-state index contributed by atoms with van der Waals surface area (Å²) in [5.74, 6) is 0.384. The van der Waals surface area contributed by atoms with E-state index in [1.54, 1.807) is 30.3 Å². The molecule has 6 heteroatoms. The van der Waals surface area contributed by atoms with Crippen LogP contribution in [0.15, 0.2) is 66.7 Å². The Balaban J connectivity index is 1.98. The van der Waals surface area contributed by atoms with Gasteiger partial charge >= 0.3 is 0 Å². The number of allylic oxidation sites excluding steroid dienone is 1. The monoisotopic (exact) mass is 496 g/mol. The van der Waals surface area contributed by atoms with Gasteiger partial charge in [0, 0.05) is 28.7 Å². The summed E-state index contributed by atoms with van der Waals surface area (Å²) in [6.07, 6.45) is 3.46. The summed E-state index contributed by atoms with van der Waals surface area (Å²) in [6.45, 7) is 1.99. The van der Waals surface area contributed by atoms with Crippen molar-refractivity contribution in [2.45, 2.75) is 6.54 Å². The number of hydrogen-bond donors (Lipinski definition) is 0. The fraction of sp³-hybridized carbons (Fsp3) is 0.250. The largest absolute Gasteiger partial charge is 0.491 e. The van der Waals surface area contributed by atoms with Gasteiger partial charge in [-0.1, -0.05) is 65.7 Å². The van der Waals surface area contributed by atoms with Crippen LogP contribution in [0.25, 0.3) is 17.2 Å². The average molecular weight is 497 g/mol. The van der Waals surface area contributed by atoms with Crippen molar-refractivity contribution in [3.63, 3.8) is 0 Å². The zero-order valence-corrected chi connectivity index (χ0v) is 21.5. The number of ether oxygens (including phenoxy) is 1. The molecular formula is C28H30Cl2N2O2. The molecule has 3 aromatic carbocycles. The summed E-state index contributed by atoms with van der Waals surface area (Å²) in [7, 11) is 8.00. The van der Waals surface area contributed by atoms with Crippen molar-refractivity contribution in [1.82, 2.24) is 9.80 Å². The van der Waals surface area contributed by atoms with E-state index in [-0.39, 0.29) is 5.78 Å². The molecular weight excluding hydrogens is 467 g/mol. The van der Waals surface area contributed by atoms with Crippen LogP contribution in [0, 0.1) is 0 Å². The molecule has 0 aliphatic rings. The lowest BCUT2D eigenvalue weighted by molar-refractivity contribution is 0.104. The normalized spacial score (nSPS) is 11.5. The van der Waals surface area contributed by atoms with Gasteiger partial charge in [-0.05, 0) is 75.2 Å². The lowest BCUT2D eigenvalue weighted by Gasteiger charge is -2.15. The van der Waals surface area contributed by atoms with Crippen LogP contribution in [0.5, 0.6) is 5.75 Å². The highest BCUT2D eigenvalue weighted by molar-refractivity contribution is 6.39. The molecule has 0 radical (unpaired) electrons. The van der Waals surface area contributed by atoms with Gasteiger partial charge in [0.25, 0.3) is 0 Å². The van der Waals surface area contributed by atoms with E-state index in [4.69, 9.17) is 27.9 Å². The Morgan fingerprint density at radius 1 is 0.912 bits per heavy atom. The first-order chi connectivity index (χ1) is 16.3. The van der Waals surface area contributed by atoms with E-state index >= 15 is 0 Å².